The van der Waals surface area contributed by atoms with Gasteiger partial charge in [0.25, 0.3) is 0 Å². The molecule has 1 atom stereocenters. The maximum absolute atomic E-state index is 6.29. The molecule has 0 bridgehead atoms. The summed E-state index contributed by atoms with van der Waals surface area (Å²) in [6.07, 6.45) is 6.11. The molecule has 8 heteroatoms. The molecular weight excluding hydrogens is 398 g/mol. The Labute approximate surface area is 183 Å². The first kappa shape index (κ1) is 20.9. The highest BCUT2D eigenvalue weighted by molar-refractivity contribution is 6.30. The first-order valence-corrected chi connectivity index (χ1v) is 11.1. The number of guanidine groups is 1. The molecule has 1 aromatic carbocycles. The third kappa shape index (κ3) is 5.02. The number of hydrogen-bond acceptors (Lipinski definition) is 5. The minimum Gasteiger partial charge on any atom is -0.354 e. The van der Waals surface area contributed by atoms with Crippen molar-refractivity contribution in [3.8, 4) is 0 Å². The fourth-order valence-corrected chi connectivity index (χ4v) is 4.52. The summed E-state index contributed by atoms with van der Waals surface area (Å²) in [6, 6.07) is 10.4. The van der Waals surface area contributed by atoms with Crippen molar-refractivity contribution in [2.24, 2.45) is 4.99 Å². The minimum atomic E-state index is 0.293. The van der Waals surface area contributed by atoms with Crippen molar-refractivity contribution in [2.45, 2.75) is 18.9 Å². The Hall–Kier alpha value is -2.38. The molecule has 0 radical (unpaired) electrons. The highest BCUT2D eigenvalue weighted by atomic mass is 35.5. The molecule has 0 amide bonds. The highest BCUT2D eigenvalue weighted by Gasteiger charge is 2.26. The molecule has 4 rings (SSSR count). The summed E-state index contributed by atoms with van der Waals surface area (Å²) >= 11 is 6.29. The predicted octanol–water partition coefficient (Wildman–Crippen LogP) is 2.66. The number of nitrogens with one attached hydrogen (secondary N) is 1. The van der Waals surface area contributed by atoms with E-state index in [1.807, 2.05) is 25.2 Å². The third-order valence-electron chi connectivity index (χ3n) is 5.89. The molecule has 3 heterocycles. The van der Waals surface area contributed by atoms with Crippen LogP contribution >= 0.6 is 11.6 Å². The minimum absolute atomic E-state index is 0.293. The summed E-state index contributed by atoms with van der Waals surface area (Å²) in [4.78, 5) is 20.4. The topological polar surface area (TPSA) is 59.9 Å². The molecule has 2 aromatic rings. The number of rotatable bonds is 5. The number of likely N-dealkylation sites (tertiary alicyclic amines) is 1. The van der Waals surface area contributed by atoms with Crippen LogP contribution in [0.25, 0.3) is 0 Å². The predicted molar refractivity (Wildman–Crippen MR) is 122 cm³/mol. The lowest BCUT2D eigenvalue weighted by Crippen LogP contribution is -2.53. The number of piperazine rings is 1. The summed E-state index contributed by atoms with van der Waals surface area (Å²) in [5.74, 6) is 1.75. The van der Waals surface area contributed by atoms with Gasteiger partial charge in [-0.15, -0.1) is 0 Å². The molecule has 2 fully saturated rings. The van der Waals surface area contributed by atoms with Gasteiger partial charge in [0.2, 0.25) is 5.95 Å². The third-order valence-corrected chi connectivity index (χ3v) is 6.13. The SMILES string of the molecule is CN=C(NCC(c1cccc(Cl)c1)N1CCCC1)N1CCN(c2ncccn2)CC1. The van der Waals surface area contributed by atoms with Gasteiger partial charge in [0.1, 0.15) is 0 Å². The summed E-state index contributed by atoms with van der Waals surface area (Å²) in [6.45, 7) is 6.63. The second-order valence-corrected chi connectivity index (χ2v) is 8.20. The standard InChI is InChI=1S/C22H30ClN7/c1-24-21(29-12-14-30(15-13-29)22-25-8-5-9-26-22)27-17-20(28-10-2-3-11-28)18-6-4-7-19(23)16-18/h4-9,16,20H,2-3,10-15,17H2,1H3,(H,24,27). The van der Waals surface area contributed by atoms with Crippen LogP contribution in [0.15, 0.2) is 47.7 Å². The van der Waals surface area contributed by atoms with E-state index in [2.05, 4.69) is 47.1 Å². The maximum Gasteiger partial charge on any atom is 0.225 e. The normalized spacial score (nSPS) is 19.2. The molecule has 1 unspecified atom stereocenters. The van der Waals surface area contributed by atoms with E-state index in [-0.39, 0.29) is 0 Å². The average molecular weight is 428 g/mol. The van der Waals surface area contributed by atoms with Gasteiger partial charge in [-0.3, -0.25) is 9.89 Å². The molecule has 0 aliphatic carbocycles. The van der Waals surface area contributed by atoms with Crippen molar-refractivity contribution in [1.82, 2.24) is 25.1 Å². The number of hydrogen-bond donors (Lipinski definition) is 1. The Balaban J connectivity index is 1.38. The number of halogens is 1. The van der Waals surface area contributed by atoms with E-state index in [9.17, 15) is 0 Å². The van der Waals surface area contributed by atoms with Crippen molar-refractivity contribution in [3.63, 3.8) is 0 Å². The van der Waals surface area contributed by atoms with Gasteiger partial charge >= 0.3 is 0 Å². The van der Waals surface area contributed by atoms with E-state index < -0.39 is 0 Å². The van der Waals surface area contributed by atoms with Crippen LogP contribution in [0.3, 0.4) is 0 Å². The highest BCUT2D eigenvalue weighted by Crippen LogP contribution is 2.26. The summed E-state index contributed by atoms with van der Waals surface area (Å²) in [7, 11) is 1.86. The first-order chi connectivity index (χ1) is 14.7. The maximum atomic E-state index is 6.29. The molecule has 0 saturated carbocycles. The van der Waals surface area contributed by atoms with Crippen LogP contribution in [0.4, 0.5) is 5.95 Å². The number of benzene rings is 1. The van der Waals surface area contributed by atoms with Gasteiger partial charge in [-0.25, -0.2) is 9.97 Å². The van der Waals surface area contributed by atoms with Crippen LogP contribution in [0.2, 0.25) is 5.02 Å². The second kappa shape index (κ2) is 10.1. The van der Waals surface area contributed by atoms with E-state index in [1.54, 1.807) is 12.4 Å². The van der Waals surface area contributed by atoms with Crippen LogP contribution in [-0.4, -0.2) is 78.6 Å². The van der Waals surface area contributed by atoms with Gasteiger partial charge in [-0.2, -0.15) is 0 Å². The van der Waals surface area contributed by atoms with Crippen molar-refractivity contribution < 1.29 is 0 Å². The molecule has 30 heavy (non-hydrogen) atoms. The van der Waals surface area contributed by atoms with Crippen molar-refractivity contribution >= 4 is 23.5 Å². The zero-order valence-electron chi connectivity index (χ0n) is 17.5. The van der Waals surface area contributed by atoms with Crippen LogP contribution < -0.4 is 10.2 Å². The Morgan fingerprint density at radius 3 is 2.47 bits per heavy atom. The van der Waals surface area contributed by atoms with Gasteiger partial charge in [-0.05, 0) is 49.7 Å². The van der Waals surface area contributed by atoms with Gasteiger partial charge in [0, 0.05) is 57.2 Å². The van der Waals surface area contributed by atoms with Crippen molar-refractivity contribution in [3.05, 3.63) is 53.3 Å². The lowest BCUT2D eigenvalue weighted by molar-refractivity contribution is 0.243. The zero-order valence-corrected chi connectivity index (χ0v) is 18.3. The molecule has 2 aliphatic heterocycles. The Morgan fingerprint density at radius 2 is 1.80 bits per heavy atom. The smallest absolute Gasteiger partial charge is 0.225 e. The number of anilines is 1. The van der Waals surface area contributed by atoms with Crippen LogP contribution in [0.1, 0.15) is 24.4 Å². The quantitative estimate of drug-likeness (QED) is 0.584. The number of aliphatic imine (C=N–C) groups is 1. The Morgan fingerprint density at radius 1 is 1.07 bits per heavy atom. The van der Waals surface area contributed by atoms with Crippen LogP contribution in [0.5, 0.6) is 0 Å². The van der Waals surface area contributed by atoms with Gasteiger partial charge in [0.05, 0.1) is 6.04 Å². The molecule has 2 aliphatic rings. The lowest BCUT2D eigenvalue weighted by Gasteiger charge is -2.37. The number of nitrogens with zero attached hydrogens (tertiary/aromatic N) is 6. The monoisotopic (exact) mass is 427 g/mol. The van der Waals surface area contributed by atoms with E-state index >= 15 is 0 Å². The zero-order chi connectivity index (χ0) is 20.8. The fraction of sp³-hybridized carbons (Fsp3) is 0.500. The molecule has 1 aromatic heterocycles. The van der Waals surface area contributed by atoms with Crippen LogP contribution in [-0.2, 0) is 0 Å². The Kier molecular flexibility index (Phi) is 7.02. The van der Waals surface area contributed by atoms with Crippen molar-refractivity contribution in [1.29, 1.82) is 0 Å². The van der Waals surface area contributed by atoms with E-state index in [0.29, 0.717) is 6.04 Å². The molecule has 0 spiro atoms. The van der Waals surface area contributed by atoms with E-state index in [1.165, 1.54) is 18.4 Å². The molecular formula is C22H30ClN7. The first-order valence-electron chi connectivity index (χ1n) is 10.7. The second-order valence-electron chi connectivity index (χ2n) is 7.76. The van der Waals surface area contributed by atoms with Crippen LogP contribution in [0, 0.1) is 0 Å². The largest absolute Gasteiger partial charge is 0.354 e. The summed E-state index contributed by atoms with van der Waals surface area (Å²) in [5, 5.41) is 4.42. The van der Waals surface area contributed by atoms with E-state index in [4.69, 9.17) is 11.6 Å². The average Bonchev–Trinajstić information content (AvgIpc) is 3.32. The molecule has 160 valence electrons. The molecule has 7 nitrogen and oxygen atoms in total. The van der Waals surface area contributed by atoms with Crippen molar-refractivity contribution in [2.75, 3.05) is 57.8 Å². The lowest BCUT2D eigenvalue weighted by atomic mass is 10.1. The van der Waals surface area contributed by atoms with E-state index in [0.717, 1.165) is 62.7 Å². The molecule has 2 saturated heterocycles. The summed E-state index contributed by atoms with van der Waals surface area (Å²) in [5.41, 5.74) is 1.26. The van der Waals surface area contributed by atoms with Gasteiger partial charge in [0.15, 0.2) is 5.96 Å². The fourth-order valence-electron chi connectivity index (χ4n) is 4.32. The van der Waals surface area contributed by atoms with Gasteiger partial charge in [-0.1, -0.05) is 23.7 Å². The van der Waals surface area contributed by atoms with Gasteiger partial charge < -0.3 is 15.1 Å². The number of aromatic nitrogens is 2. The Bertz CT molecular complexity index is 830. The molecule has 1 N–H and O–H groups in total. The summed E-state index contributed by atoms with van der Waals surface area (Å²) < 4.78 is 0.